The molecule has 2 aliphatic rings. The number of benzene rings is 3. The zero-order valence-corrected chi connectivity index (χ0v) is 18.9. The first-order chi connectivity index (χ1) is 16.6. The van der Waals surface area contributed by atoms with E-state index in [0.29, 0.717) is 38.4 Å². The lowest BCUT2D eigenvalue weighted by Crippen LogP contribution is -2.54. The molecule has 6 nitrogen and oxygen atoms in total. The molecule has 0 saturated carbocycles. The summed E-state index contributed by atoms with van der Waals surface area (Å²) in [6, 6.07) is 21.7. The van der Waals surface area contributed by atoms with E-state index in [1.165, 1.54) is 7.11 Å². The topological polar surface area (TPSA) is 75.0 Å². The number of fused-ring (bicyclic) bond motifs is 7. The predicted molar refractivity (Wildman–Crippen MR) is 126 cm³/mol. The highest BCUT2D eigenvalue weighted by molar-refractivity contribution is 6.31. The quantitative estimate of drug-likeness (QED) is 0.369. The van der Waals surface area contributed by atoms with Gasteiger partial charge in [0.05, 0.1) is 18.4 Å². The lowest BCUT2D eigenvalue weighted by molar-refractivity contribution is -0.169. The Morgan fingerprint density at radius 2 is 1.65 bits per heavy atom. The number of rotatable bonds is 2. The molecule has 0 amide bonds. The van der Waals surface area contributed by atoms with Gasteiger partial charge in [0.15, 0.2) is 16.9 Å². The Bertz CT molecular complexity index is 1510. The van der Waals surface area contributed by atoms with Crippen LogP contribution in [0.5, 0.6) is 11.5 Å². The van der Waals surface area contributed by atoms with Gasteiger partial charge in [-0.05, 0) is 18.2 Å². The molecule has 0 spiro atoms. The number of esters is 1. The zero-order valence-electron chi connectivity index (χ0n) is 18.1. The van der Waals surface area contributed by atoms with Gasteiger partial charge >= 0.3 is 11.6 Å². The molecule has 0 bridgehead atoms. The van der Waals surface area contributed by atoms with Crippen molar-refractivity contribution in [3.63, 3.8) is 0 Å². The maximum atomic E-state index is 13.6. The van der Waals surface area contributed by atoms with E-state index in [2.05, 4.69) is 0 Å². The summed E-state index contributed by atoms with van der Waals surface area (Å²) in [4.78, 5) is 26.6. The first-order valence-corrected chi connectivity index (χ1v) is 11.2. The SMILES string of the molecule is COC(=O)[C@@]12COc3ccccc3[C@@H]1c1oc(=O)c3ccccc3c1O[C@@H]2c1ccccc1Cl. The van der Waals surface area contributed by atoms with Crippen LogP contribution in [0.15, 0.2) is 82.0 Å². The fourth-order valence-electron chi connectivity index (χ4n) is 5.24. The monoisotopic (exact) mass is 474 g/mol. The van der Waals surface area contributed by atoms with Gasteiger partial charge in [0.1, 0.15) is 18.5 Å². The third kappa shape index (κ3) is 2.75. The van der Waals surface area contributed by atoms with Crippen molar-refractivity contribution in [2.75, 3.05) is 13.7 Å². The van der Waals surface area contributed by atoms with E-state index in [1.54, 1.807) is 18.2 Å². The van der Waals surface area contributed by atoms with Gasteiger partial charge in [-0.3, -0.25) is 4.79 Å². The molecule has 0 fully saturated rings. The lowest BCUT2D eigenvalue weighted by Gasteiger charge is -2.49. The molecule has 0 radical (unpaired) electrons. The van der Waals surface area contributed by atoms with Crippen molar-refractivity contribution < 1.29 is 23.4 Å². The first-order valence-electron chi connectivity index (χ1n) is 10.8. The number of hydrogen-bond acceptors (Lipinski definition) is 6. The summed E-state index contributed by atoms with van der Waals surface area (Å²) in [6.07, 6.45) is -0.865. The van der Waals surface area contributed by atoms with Crippen LogP contribution in [0.1, 0.15) is 28.9 Å². The number of halogens is 1. The molecule has 1 aromatic heterocycles. The molecule has 3 aromatic carbocycles. The molecule has 0 unspecified atom stereocenters. The molecule has 4 aromatic rings. The molecule has 6 rings (SSSR count). The highest BCUT2D eigenvalue weighted by Crippen LogP contribution is 2.62. The fourth-order valence-corrected chi connectivity index (χ4v) is 5.48. The minimum Gasteiger partial charge on any atom is -0.492 e. The Hall–Kier alpha value is -3.77. The van der Waals surface area contributed by atoms with Crippen LogP contribution in [0.25, 0.3) is 10.8 Å². The van der Waals surface area contributed by atoms with Crippen LogP contribution < -0.4 is 15.1 Å². The van der Waals surface area contributed by atoms with Crippen molar-refractivity contribution in [3.8, 4) is 11.5 Å². The van der Waals surface area contributed by atoms with Crippen LogP contribution in [0, 0.1) is 5.41 Å². The summed E-state index contributed by atoms with van der Waals surface area (Å²) >= 11 is 6.62. The van der Waals surface area contributed by atoms with Gasteiger partial charge in [-0.15, -0.1) is 0 Å². The van der Waals surface area contributed by atoms with Crippen LogP contribution in [0.3, 0.4) is 0 Å². The van der Waals surface area contributed by atoms with Gasteiger partial charge in [0.2, 0.25) is 0 Å². The van der Waals surface area contributed by atoms with E-state index in [4.69, 9.17) is 30.2 Å². The van der Waals surface area contributed by atoms with E-state index in [-0.39, 0.29) is 12.4 Å². The van der Waals surface area contributed by atoms with Crippen LogP contribution in [0.4, 0.5) is 0 Å². The number of methoxy groups -OCH3 is 1. The normalized spacial score (nSPS) is 22.5. The number of carbonyl (C=O) groups excluding carboxylic acids is 1. The van der Waals surface area contributed by atoms with Crippen LogP contribution in [0.2, 0.25) is 5.02 Å². The highest BCUT2D eigenvalue weighted by Gasteiger charge is 2.63. The van der Waals surface area contributed by atoms with Gasteiger partial charge in [0.25, 0.3) is 0 Å². The Kier molecular flexibility index (Phi) is 4.67. The maximum Gasteiger partial charge on any atom is 0.344 e. The molecule has 2 aliphatic heterocycles. The van der Waals surface area contributed by atoms with Gasteiger partial charge in [-0.1, -0.05) is 66.2 Å². The molecule has 34 heavy (non-hydrogen) atoms. The van der Waals surface area contributed by atoms with Crippen molar-refractivity contribution in [1.29, 1.82) is 0 Å². The second-order valence-electron chi connectivity index (χ2n) is 8.44. The molecular weight excluding hydrogens is 456 g/mol. The lowest BCUT2D eigenvalue weighted by atomic mass is 9.63. The summed E-state index contributed by atoms with van der Waals surface area (Å²) in [6.45, 7) is -0.0484. The van der Waals surface area contributed by atoms with Gasteiger partial charge in [-0.25, -0.2) is 4.79 Å². The number of ether oxygens (including phenoxy) is 3. The summed E-state index contributed by atoms with van der Waals surface area (Å²) in [5, 5.41) is 1.44. The van der Waals surface area contributed by atoms with E-state index >= 15 is 0 Å². The standard InChI is InChI=1S/C27H19ClO6/c1-31-26(30)27-14-32-20-13-7-5-11-18(20)21(27)23-22(15-8-2-3-9-16(15)25(29)34-23)33-24(27)17-10-4-6-12-19(17)28/h2-13,21,24H,14H2,1H3/t21-,24-,27+/m1/s1. The molecule has 0 aliphatic carbocycles. The maximum absolute atomic E-state index is 13.6. The van der Waals surface area contributed by atoms with Crippen molar-refractivity contribution in [2.45, 2.75) is 12.0 Å². The first kappa shape index (κ1) is 20.8. The van der Waals surface area contributed by atoms with Gasteiger partial charge in [-0.2, -0.15) is 0 Å². The predicted octanol–water partition coefficient (Wildman–Crippen LogP) is 5.26. The Balaban J connectivity index is 1.75. The van der Waals surface area contributed by atoms with Gasteiger partial charge in [0, 0.05) is 21.5 Å². The van der Waals surface area contributed by atoms with Crippen LogP contribution in [-0.2, 0) is 9.53 Å². The summed E-state index contributed by atoms with van der Waals surface area (Å²) in [5.41, 5.74) is -0.570. The zero-order chi connectivity index (χ0) is 23.4. The largest absolute Gasteiger partial charge is 0.492 e. The third-order valence-electron chi connectivity index (χ3n) is 6.75. The molecule has 0 saturated heterocycles. The summed E-state index contributed by atoms with van der Waals surface area (Å²) in [7, 11) is 1.32. The smallest absolute Gasteiger partial charge is 0.344 e. The average Bonchev–Trinajstić information content (AvgIpc) is 2.88. The number of carbonyl (C=O) groups is 1. The molecule has 170 valence electrons. The Morgan fingerprint density at radius 3 is 2.41 bits per heavy atom. The van der Waals surface area contributed by atoms with E-state index in [0.717, 1.165) is 0 Å². The van der Waals surface area contributed by atoms with E-state index in [9.17, 15) is 9.59 Å². The second-order valence-corrected chi connectivity index (χ2v) is 8.85. The van der Waals surface area contributed by atoms with Crippen LogP contribution >= 0.6 is 11.6 Å². The van der Waals surface area contributed by atoms with Crippen molar-refractivity contribution in [1.82, 2.24) is 0 Å². The summed E-state index contributed by atoms with van der Waals surface area (Å²) in [5.74, 6) is 0.0358. The summed E-state index contributed by atoms with van der Waals surface area (Å²) < 4.78 is 23.9. The van der Waals surface area contributed by atoms with Crippen molar-refractivity contribution in [3.05, 3.63) is 105 Å². The molecule has 3 atom stereocenters. The Morgan fingerprint density at radius 1 is 0.971 bits per heavy atom. The van der Waals surface area contributed by atoms with Crippen LogP contribution in [-0.4, -0.2) is 19.7 Å². The van der Waals surface area contributed by atoms with E-state index in [1.807, 2.05) is 54.6 Å². The number of hydrogen-bond donors (Lipinski definition) is 0. The highest BCUT2D eigenvalue weighted by atomic mass is 35.5. The number of para-hydroxylation sites is 1. The van der Waals surface area contributed by atoms with Gasteiger partial charge < -0.3 is 18.6 Å². The average molecular weight is 475 g/mol. The third-order valence-corrected chi connectivity index (χ3v) is 7.09. The van der Waals surface area contributed by atoms with Crippen molar-refractivity contribution in [2.24, 2.45) is 5.41 Å². The molecule has 0 N–H and O–H groups in total. The molecular formula is C27H19ClO6. The van der Waals surface area contributed by atoms with E-state index < -0.39 is 29.0 Å². The molecule has 3 heterocycles. The molecule has 7 heteroatoms. The fraction of sp³-hybridized carbons (Fsp3) is 0.185. The van der Waals surface area contributed by atoms with Crippen molar-refractivity contribution >= 4 is 28.3 Å². The second kappa shape index (κ2) is 7.64. The minimum atomic E-state index is -1.39. The Labute approximate surface area is 199 Å². The minimum absolute atomic E-state index is 0.0484.